The van der Waals surface area contributed by atoms with E-state index in [0.717, 1.165) is 11.0 Å². The maximum absolute atomic E-state index is 4.67. The van der Waals surface area contributed by atoms with Crippen LogP contribution in [-0.4, -0.2) is 11.2 Å². The first-order chi connectivity index (χ1) is 7.90. The molecule has 0 atom stereocenters. The van der Waals surface area contributed by atoms with Crippen molar-refractivity contribution >= 4 is 33.6 Å². The fraction of sp³-hybridized carbons (Fsp3) is 0.0714. The molecule has 0 saturated carbocycles. The molecule has 0 unspecified atom stereocenters. The van der Waals surface area contributed by atoms with E-state index >= 15 is 0 Å². The summed E-state index contributed by atoms with van der Waals surface area (Å²) in [6, 6.07) is 16.6. The molecule has 1 nitrogen and oxygen atoms in total. The van der Waals surface area contributed by atoms with Gasteiger partial charge in [-0.3, -0.25) is 0 Å². The van der Waals surface area contributed by atoms with E-state index in [4.69, 9.17) is 0 Å². The van der Waals surface area contributed by atoms with E-state index in [-0.39, 0.29) is 0 Å². The molecule has 3 rings (SSSR count). The molecular weight excluding hydrogens is 214 g/mol. The molecule has 78 valence electrons. The van der Waals surface area contributed by atoms with E-state index in [9.17, 15) is 0 Å². The summed E-state index contributed by atoms with van der Waals surface area (Å²) in [5, 5.41) is 2.49. The normalized spacial score (nSPS) is 11.1. The Morgan fingerprint density at radius 3 is 1.81 bits per heavy atom. The number of hydrogen-bond donors (Lipinski definition) is 0. The Balaban J connectivity index is 2.56. The molecule has 0 saturated heterocycles. The quantitative estimate of drug-likeness (QED) is 0.456. The molecule has 0 radical (unpaired) electrons. The van der Waals surface area contributed by atoms with Crippen LogP contribution in [0.1, 0.15) is 0 Å². The summed E-state index contributed by atoms with van der Waals surface area (Å²) >= 11 is 1.79. The van der Waals surface area contributed by atoms with E-state index in [1.165, 1.54) is 15.7 Å². The minimum absolute atomic E-state index is 1.07. The predicted octanol–water partition coefficient (Wildman–Crippen LogP) is 4.11. The number of benzene rings is 2. The van der Waals surface area contributed by atoms with Gasteiger partial charge in [-0.2, -0.15) is 0 Å². The number of fused-ring (bicyclic) bond motifs is 2. The number of pyridine rings is 1. The Morgan fingerprint density at radius 2 is 1.31 bits per heavy atom. The molecule has 2 aromatic carbocycles. The van der Waals surface area contributed by atoms with E-state index in [1.54, 1.807) is 11.8 Å². The summed E-state index contributed by atoms with van der Waals surface area (Å²) in [5.74, 6) is 0. The van der Waals surface area contributed by atoms with Crippen molar-refractivity contribution in [2.45, 2.75) is 4.90 Å². The van der Waals surface area contributed by atoms with Crippen LogP contribution in [0.5, 0.6) is 0 Å². The summed E-state index contributed by atoms with van der Waals surface area (Å²) in [7, 11) is 0. The van der Waals surface area contributed by atoms with Crippen LogP contribution >= 0.6 is 11.8 Å². The topological polar surface area (TPSA) is 12.9 Å². The zero-order chi connectivity index (χ0) is 11.0. The number of hydrogen-bond acceptors (Lipinski definition) is 2. The van der Waals surface area contributed by atoms with Crippen molar-refractivity contribution in [1.29, 1.82) is 0 Å². The van der Waals surface area contributed by atoms with Gasteiger partial charge in [-0.15, -0.1) is 11.8 Å². The van der Waals surface area contributed by atoms with E-state index < -0.39 is 0 Å². The lowest BCUT2D eigenvalue weighted by atomic mass is 10.1. The lowest BCUT2D eigenvalue weighted by Gasteiger charge is -2.07. The zero-order valence-corrected chi connectivity index (χ0v) is 9.79. The summed E-state index contributed by atoms with van der Waals surface area (Å²) in [6.45, 7) is 0. The third kappa shape index (κ3) is 1.38. The highest BCUT2D eigenvalue weighted by Crippen LogP contribution is 2.32. The maximum Gasteiger partial charge on any atom is 0.0721 e. The maximum atomic E-state index is 4.67. The molecule has 1 heterocycles. The van der Waals surface area contributed by atoms with E-state index in [2.05, 4.69) is 47.6 Å². The molecule has 0 bridgehead atoms. The zero-order valence-electron chi connectivity index (χ0n) is 8.97. The van der Waals surface area contributed by atoms with Crippen LogP contribution in [0.4, 0.5) is 0 Å². The first-order valence-electron chi connectivity index (χ1n) is 5.21. The van der Waals surface area contributed by atoms with Gasteiger partial charge in [-0.05, 0) is 18.4 Å². The van der Waals surface area contributed by atoms with Crippen LogP contribution in [0.3, 0.4) is 0 Å². The molecule has 0 fully saturated rings. The third-order valence-electron chi connectivity index (χ3n) is 2.74. The van der Waals surface area contributed by atoms with Gasteiger partial charge in [0.15, 0.2) is 0 Å². The molecule has 0 N–H and O–H groups in total. The molecule has 3 aromatic rings. The van der Waals surface area contributed by atoms with Crippen LogP contribution in [-0.2, 0) is 0 Å². The molecule has 16 heavy (non-hydrogen) atoms. The van der Waals surface area contributed by atoms with Crippen molar-refractivity contribution in [3.8, 4) is 0 Å². The number of nitrogens with zero attached hydrogens (tertiary/aromatic N) is 1. The van der Waals surface area contributed by atoms with Gasteiger partial charge in [0.1, 0.15) is 0 Å². The molecule has 2 heteroatoms. The number of rotatable bonds is 1. The fourth-order valence-electron chi connectivity index (χ4n) is 2.02. The number of para-hydroxylation sites is 2. The molecule has 1 aromatic heterocycles. The number of thioether (sulfide) groups is 1. The van der Waals surface area contributed by atoms with Crippen molar-refractivity contribution in [2.24, 2.45) is 0 Å². The summed E-state index contributed by atoms with van der Waals surface area (Å²) in [4.78, 5) is 5.99. The van der Waals surface area contributed by atoms with Gasteiger partial charge in [0.05, 0.1) is 11.0 Å². The average Bonchev–Trinajstić information content (AvgIpc) is 2.36. The van der Waals surface area contributed by atoms with Crippen molar-refractivity contribution in [2.75, 3.05) is 6.26 Å². The SMILES string of the molecule is CSc1c2ccccc2nc2ccccc12. The minimum Gasteiger partial charge on any atom is -0.248 e. The largest absolute Gasteiger partial charge is 0.248 e. The van der Waals surface area contributed by atoms with Gasteiger partial charge in [0.25, 0.3) is 0 Å². The minimum atomic E-state index is 1.07. The molecule has 0 aliphatic carbocycles. The van der Waals surface area contributed by atoms with Crippen molar-refractivity contribution in [3.05, 3.63) is 48.5 Å². The predicted molar refractivity (Wildman–Crippen MR) is 71.0 cm³/mol. The Kier molecular flexibility index (Phi) is 2.29. The van der Waals surface area contributed by atoms with Crippen molar-refractivity contribution < 1.29 is 0 Å². The average molecular weight is 225 g/mol. The molecule has 0 amide bonds. The van der Waals surface area contributed by atoms with Crippen LogP contribution < -0.4 is 0 Å². The smallest absolute Gasteiger partial charge is 0.0721 e. The van der Waals surface area contributed by atoms with Gasteiger partial charge in [-0.1, -0.05) is 36.4 Å². The highest BCUT2D eigenvalue weighted by molar-refractivity contribution is 7.99. The summed E-state index contributed by atoms with van der Waals surface area (Å²) < 4.78 is 0. The van der Waals surface area contributed by atoms with Crippen LogP contribution in [0.25, 0.3) is 21.8 Å². The van der Waals surface area contributed by atoms with Crippen LogP contribution in [0, 0.1) is 0 Å². The van der Waals surface area contributed by atoms with Crippen molar-refractivity contribution in [3.63, 3.8) is 0 Å². The third-order valence-corrected chi connectivity index (χ3v) is 3.59. The second-order valence-corrected chi connectivity index (χ2v) is 4.50. The second kappa shape index (κ2) is 3.80. The van der Waals surface area contributed by atoms with Crippen molar-refractivity contribution in [1.82, 2.24) is 4.98 Å². The van der Waals surface area contributed by atoms with Gasteiger partial charge >= 0.3 is 0 Å². The Bertz CT molecular complexity index is 607. The molecule has 0 aliphatic heterocycles. The summed E-state index contributed by atoms with van der Waals surface area (Å²) in [6.07, 6.45) is 2.12. The second-order valence-electron chi connectivity index (χ2n) is 3.68. The Hall–Kier alpha value is -1.54. The first-order valence-corrected chi connectivity index (χ1v) is 6.44. The van der Waals surface area contributed by atoms with E-state index in [1.807, 2.05) is 12.1 Å². The van der Waals surface area contributed by atoms with Gasteiger partial charge in [-0.25, -0.2) is 4.98 Å². The molecule has 0 aliphatic rings. The molecule has 0 spiro atoms. The summed E-state index contributed by atoms with van der Waals surface area (Å²) in [5.41, 5.74) is 2.15. The highest BCUT2D eigenvalue weighted by atomic mass is 32.2. The number of aromatic nitrogens is 1. The highest BCUT2D eigenvalue weighted by Gasteiger charge is 2.06. The van der Waals surface area contributed by atoms with E-state index in [0.29, 0.717) is 0 Å². The van der Waals surface area contributed by atoms with Crippen LogP contribution in [0.15, 0.2) is 53.4 Å². The standard InChI is InChI=1S/C14H11NS/c1-16-14-10-6-2-4-8-12(10)15-13-9-5-3-7-11(13)14/h2-9H,1H3. The Morgan fingerprint density at radius 1 is 0.812 bits per heavy atom. The Labute approximate surface area is 98.5 Å². The van der Waals surface area contributed by atoms with Gasteiger partial charge in [0, 0.05) is 15.7 Å². The molecular formula is C14H11NS. The first kappa shape index (κ1) is 9.67. The fourth-order valence-corrected chi connectivity index (χ4v) is 2.81. The lowest BCUT2D eigenvalue weighted by Crippen LogP contribution is -1.85. The van der Waals surface area contributed by atoms with Gasteiger partial charge < -0.3 is 0 Å². The lowest BCUT2D eigenvalue weighted by molar-refractivity contribution is 1.45. The monoisotopic (exact) mass is 225 g/mol. The van der Waals surface area contributed by atoms with Crippen LogP contribution in [0.2, 0.25) is 0 Å². The van der Waals surface area contributed by atoms with Gasteiger partial charge in [0.2, 0.25) is 0 Å².